The number of sulfone groups is 1. The van der Waals surface area contributed by atoms with Gasteiger partial charge in [0.05, 0.1) is 17.8 Å². The van der Waals surface area contributed by atoms with Crippen molar-refractivity contribution >= 4 is 20.9 Å². The van der Waals surface area contributed by atoms with Gasteiger partial charge in [0.2, 0.25) is 0 Å². The van der Waals surface area contributed by atoms with Gasteiger partial charge in [-0.25, -0.2) is 13.4 Å². The SMILES string of the molecule is COc1ccc(S(=O)(=O)CCc2nc3ccccc3o2)cc1. The van der Waals surface area contributed by atoms with Gasteiger partial charge in [-0.1, -0.05) is 12.1 Å². The minimum atomic E-state index is -3.38. The molecule has 0 spiro atoms. The summed E-state index contributed by atoms with van der Waals surface area (Å²) in [5, 5.41) is 0. The zero-order chi connectivity index (χ0) is 15.6. The Kier molecular flexibility index (Phi) is 3.85. The Bertz CT molecular complexity index is 849. The zero-order valence-electron chi connectivity index (χ0n) is 12.0. The highest BCUT2D eigenvalue weighted by Gasteiger charge is 2.16. The van der Waals surface area contributed by atoms with E-state index in [0.29, 0.717) is 17.2 Å². The molecule has 6 heteroatoms. The second-order valence-electron chi connectivity index (χ2n) is 4.82. The molecule has 3 rings (SSSR count). The van der Waals surface area contributed by atoms with Crippen LogP contribution in [-0.4, -0.2) is 26.3 Å². The maximum absolute atomic E-state index is 12.3. The fourth-order valence-corrected chi connectivity index (χ4v) is 3.38. The molecule has 0 N–H and O–H groups in total. The number of hydrogen-bond acceptors (Lipinski definition) is 5. The molecule has 114 valence electrons. The van der Waals surface area contributed by atoms with Crippen molar-refractivity contribution in [3.8, 4) is 5.75 Å². The Labute approximate surface area is 128 Å². The van der Waals surface area contributed by atoms with Crippen molar-refractivity contribution in [2.45, 2.75) is 11.3 Å². The lowest BCUT2D eigenvalue weighted by molar-refractivity contribution is 0.414. The standard InChI is InChI=1S/C16H15NO4S/c1-20-12-6-8-13(9-7-12)22(18,19)11-10-16-17-14-4-2-3-5-15(14)21-16/h2-9H,10-11H2,1H3. The van der Waals surface area contributed by atoms with E-state index in [9.17, 15) is 8.42 Å². The number of rotatable bonds is 5. The van der Waals surface area contributed by atoms with Gasteiger partial charge in [0.1, 0.15) is 11.3 Å². The lowest BCUT2D eigenvalue weighted by Crippen LogP contribution is -2.09. The largest absolute Gasteiger partial charge is 0.497 e. The first-order chi connectivity index (χ1) is 10.6. The molecule has 1 aromatic heterocycles. The van der Waals surface area contributed by atoms with Crippen molar-refractivity contribution in [2.24, 2.45) is 0 Å². The van der Waals surface area contributed by atoms with Crippen molar-refractivity contribution in [2.75, 3.05) is 12.9 Å². The molecule has 3 aromatic rings. The van der Waals surface area contributed by atoms with Gasteiger partial charge in [-0.15, -0.1) is 0 Å². The van der Waals surface area contributed by atoms with Crippen LogP contribution in [0.3, 0.4) is 0 Å². The molecule has 1 heterocycles. The Morgan fingerprint density at radius 1 is 1.09 bits per heavy atom. The van der Waals surface area contributed by atoms with E-state index in [4.69, 9.17) is 9.15 Å². The van der Waals surface area contributed by atoms with E-state index < -0.39 is 9.84 Å². The Morgan fingerprint density at radius 2 is 1.82 bits per heavy atom. The minimum Gasteiger partial charge on any atom is -0.497 e. The van der Waals surface area contributed by atoms with Crippen LogP contribution >= 0.6 is 0 Å². The first kappa shape index (κ1) is 14.6. The Hall–Kier alpha value is -2.34. The maximum atomic E-state index is 12.3. The summed E-state index contributed by atoms with van der Waals surface area (Å²) < 4.78 is 35.2. The lowest BCUT2D eigenvalue weighted by atomic mass is 10.3. The smallest absolute Gasteiger partial charge is 0.196 e. The molecule has 0 aliphatic rings. The Morgan fingerprint density at radius 3 is 2.50 bits per heavy atom. The van der Waals surface area contributed by atoms with Crippen molar-refractivity contribution in [1.82, 2.24) is 4.98 Å². The number of benzene rings is 2. The summed E-state index contributed by atoms with van der Waals surface area (Å²) in [6, 6.07) is 13.7. The highest BCUT2D eigenvalue weighted by Crippen LogP contribution is 2.19. The van der Waals surface area contributed by atoms with Crippen LogP contribution in [0, 0.1) is 0 Å². The van der Waals surface area contributed by atoms with Gasteiger partial charge in [-0.3, -0.25) is 0 Å². The van der Waals surface area contributed by atoms with Gasteiger partial charge < -0.3 is 9.15 Å². The van der Waals surface area contributed by atoms with Crippen LogP contribution in [0.15, 0.2) is 57.8 Å². The molecule has 0 bridgehead atoms. The van der Waals surface area contributed by atoms with Gasteiger partial charge >= 0.3 is 0 Å². The average molecular weight is 317 g/mol. The summed E-state index contributed by atoms with van der Waals surface area (Å²) in [4.78, 5) is 4.55. The van der Waals surface area contributed by atoms with Crippen LogP contribution in [0.1, 0.15) is 5.89 Å². The van der Waals surface area contributed by atoms with E-state index in [2.05, 4.69) is 4.98 Å². The number of aryl methyl sites for hydroxylation is 1. The van der Waals surface area contributed by atoms with E-state index in [-0.39, 0.29) is 17.1 Å². The van der Waals surface area contributed by atoms with E-state index >= 15 is 0 Å². The molecule has 0 aliphatic heterocycles. The maximum Gasteiger partial charge on any atom is 0.196 e. The lowest BCUT2D eigenvalue weighted by Gasteiger charge is -2.04. The molecule has 0 amide bonds. The van der Waals surface area contributed by atoms with Gasteiger partial charge in [0.15, 0.2) is 21.3 Å². The number of nitrogens with zero attached hydrogens (tertiary/aromatic N) is 1. The first-order valence-electron chi connectivity index (χ1n) is 6.80. The van der Waals surface area contributed by atoms with Crippen molar-refractivity contribution < 1.29 is 17.6 Å². The highest BCUT2D eigenvalue weighted by molar-refractivity contribution is 7.91. The monoisotopic (exact) mass is 317 g/mol. The van der Waals surface area contributed by atoms with Crippen molar-refractivity contribution in [3.05, 3.63) is 54.4 Å². The number of para-hydroxylation sites is 2. The van der Waals surface area contributed by atoms with Gasteiger partial charge in [-0.05, 0) is 36.4 Å². The van der Waals surface area contributed by atoms with Crippen LogP contribution in [0.5, 0.6) is 5.75 Å². The molecule has 0 radical (unpaired) electrons. The topological polar surface area (TPSA) is 69.4 Å². The molecule has 0 atom stereocenters. The minimum absolute atomic E-state index is 0.0495. The summed E-state index contributed by atoms with van der Waals surface area (Å²) in [5.41, 5.74) is 1.40. The van der Waals surface area contributed by atoms with Gasteiger partial charge in [-0.2, -0.15) is 0 Å². The van der Waals surface area contributed by atoms with Crippen LogP contribution in [0.2, 0.25) is 0 Å². The van der Waals surface area contributed by atoms with Crippen LogP contribution in [0.4, 0.5) is 0 Å². The van der Waals surface area contributed by atoms with E-state index in [1.54, 1.807) is 24.3 Å². The molecular formula is C16H15NO4S. The predicted molar refractivity (Wildman–Crippen MR) is 82.8 cm³/mol. The Balaban J connectivity index is 1.76. The summed E-state index contributed by atoms with van der Waals surface area (Å²) in [7, 11) is -1.84. The van der Waals surface area contributed by atoms with Gasteiger partial charge in [0, 0.05) is 6.42 Å². The number of oxazole rings is 1. The molecule has 0 fully saturated rings. The second kappa shape index (κ2) is 5.81. The number of fused-ring (bicyclic) bond motifs is 1. The van der Waals surface area contributed by atoms with Crippen LogP contribution in [0.25, 0.3) is 11.1 Å². The van der Waals surface area contributed by atoms with Crippen molar-refractivity contribution in [3.63, 3.8) is 0 Å². The molecular weight excluding hydrogens is 302 g/mol. The molecule has 0 saturated carbocycles. The second-order valence-corrected chi connectivity index (χ2v) is 6.93. The number of ether oxygens (including phenoxy) is 1. The van der Waals surface area contributed by atoms with Crippen molar-refractivity contribution in [1.29, 1.82) is 0 Å². The van der Waals surface area contributed by atoms with Gasteiger partial charge in [0.25, 0.3) is 0 Å². The predicted octanol–water partition coefficient (Wildman–Crippen LogP) is 2.85. The third kappa shape index (κ3) is 2.96. The molecule has 0 saturated heterocycles. The summed E-state index contributed by atoms with van der Waals surface area (Å²) >= 11 is 0. The normalized spacial score (nSPS) is 11.7. The number of methoxy groups -OCH3 is 1. The van der Waals surface area contributed by atoms with Crippen LogP contribution in [-0.2, 0) is 16.3 Å². The molecule has 0 unspecified atom stereocenters. The van der Waals surface area contributed by atoms with E-state index in [1.165, 1.54) is 7.11 Å². The number of hydrogen-bond donors (Lipinski definition) is 0. The zero-order valence-corrected chi connectivity index (χ0v) is 12.8. The number of aromatic nitrogens is 1. The van der Waals surface area contributed by atoms with E-state index in [1.807, 2.05) is 24.3 Å². The van der Waals surface area contributed by atoms with E-state index in [0.717, 1.165) is 5.52 Å². The third-order valence-electron chi connectivity index (χ3n) is 3.34. The fourth-order valence-electron chi connectivity index (χ4n) is 2.15. The van der Waals surface area contributed by atoms with Crippen LogP contribution < -0.4 is 4.74 Å². The molecule has 0 aliphatic carbocycles. The summed E-state index contributed by atoms with van der Waals surface area (Å²) in [6.07, 6.45) is 0.239. The molecule has 2 aromatic carbocycles. The first-order valence-corrected chi connectivity index (χ1v) is 8.45. The average Bonchev–Trinajstić information content (AvgIpc) is 2.96. The molecule has 22 heavy (non-hydrogen) atoms. The fraction of sp³-hybridized carbons (Fsp3) is 0.188. The molecule has 5 nitrogen and oxygen atoms in total. The summed E-state index contributed by atoms with van der Waals surface area (Å²) in [6.45, 7) is 0. The third-order valence-corrected chi connectivity index (χ3v) is 5.07. The highest BCUT2D eigenvalue weighted by atomic mass is 32.2. The quantitative estimate of drug-likeness (QED) is 0.723. The summed E-state index contributed by atoms with van der Waals surface area (Å²) in [5.74, 6) is 1.00.